The van der Waals surface area contributed by atoms with E-state index in [4.69, 9.17) is 4.74 Å². The van der Waals surface area contributed by atoms with Gasteiger partial charge < -0.3 is 9.30 Å². The van der Waals surface area contributed by atoms with Gasteiger partial charge >= 0.3 is 0 Å². The number of benzene rings is 1. The van der Waals surface area contributed by atoms with Crippen LogP contribution in [0.1, 0.15) is 34.8 Å². The van der Waals surface area contributed by atoms with E-state index in [1.54, 1.807) is 17.1 Å². The topological polar surface area (TPSA) is 44.1 Å². The number of nitrogens with zero attached hydrogens (tertiary/aromatic N) is 2. The summed E-state index contributed by atoms with van der Waals surface area (Å²) in [5.41, 5.74) is 1.68. The third-order valence-corrected chi connectivity index (χ3v) is 3.51. The lowest BCUT2D eigenvalue weighted by Gasteiger charge is -2.25. The van der Waals surface area contributed by atoms with Gasteiger partial charge in [-0.1, -0.05) is 18.2 Å². The standard InChI is InChI=1S/C15H16N2O2/c1-17-9-13(16-10-17)14(18)8-11-6-7-19-15-5-3-2-4-12(11)15/h2-5,9-11H,6-8H2,1H3. The molecule has 1 unspecified atom stereocenters. The molecule has 1 aliphatic heterocycles. The van der Waals surface area contributed by atoms with Gasteiger partial charge in [0.25, 0.3) is 0 Å². The van der Waals surface area contributed by atoms with Crippen molar-refractivity contribution in [3.8, 4) is 5.75 Å². The molecule has 1 aliphatic rings. The molecule has 0 amide bonds. The lowest BCUT2D eigenvalue weighted by Crippen LogP contribution is -2.17. The predicted molar refractivity (Wildman–Crippen MR) is 71.5 cm³/mol. The first kappa shape index (κ1) is 12.0. The summed E-state index contributed by atoms with van der Waals surface area (Å²) >= 11 is 0. The highest BCUT2D eigenvalue weighted by Crippen LogP contribution is 2.35. The number of hydrogen-bond donors (Lipinski definition) is 0. The molecular formula is C15H16N2O2. The van der Waals surface area contributed by atoms with Crippen LogP contribution in [0.15, 0.2) is 36.8 Å². The van der Waals surface area contributed by atoms with Crippen LogP contribution in [-0.4, -0.2) is 21.9 Å². The Hall–Kier alpha value is -2.10. The number of ether oxygens (including phenoxy) is 1. The predicted octanol–water partition coefficient (Wildman–Crippen LogP) is 2.56. The Labute approximate surface area is 112 Å². The van der Waals surface area contributed by atoms with Crippen LogP contribution in [-0.2, 0) is 7.05 Å². The number of rotatable bonds is 3. The van der Waals surface area contributed by atoms with E-state index in [0.29, 0.717) is 18.7 Å². The first-order valence-corrected chi connectivity index (χ1v) is 6.47. The lowest BCUT2D eigenvalue weighted by molar-refractivity contribution is 0.0961. The zero-order valence-corrected chi connectivity index (χ0v) is 10.9. The molecule has 0 N–H and O–H groups in total. The van der Waals surface area contributed by atoms with Crippen molar-refractivity contribution in [3.05, 3.63) is 48.0 Å². The fourth-order valence-corrected chi connectivity index (χ4v) is 2.51. The summed E-state index contributed by atoms with van der Waals surface area (Å²) in [7, 11) is 1.87. The normalized spacial score (nSPS) is 17.6. The Morgan fingerprint density at radius 3 is 3.11 bits per heavy atom. The molecule has 1 aromatic heterocycles. The Bertz CT molecular complexity index is 604. The molecule has 3 rings (SSSR count). The zero-order chi connectivity index (χ0) is 13.2. The summed E-state index contributed by atoms with van der Waals surface area (Å²) in [6, 6.07) is 7.96. The molecule has 0 saturated heterocycles. The van der Waals surface area contributed by atoms with E-state index >= 15 is 0 Å². The smallest absolute Gasteiger partial charge is 0.183 e. The molecule has 0 saturated carbocycles. The summed E-state index contributed by atoms with van der Waals surface area (Å²) < 4.78 is 7.41. The van der Waals surface area contributed by atoms with Gasteiger partial charge in [0.2, 0.25) is 0 Å². The first-order chi connectivity index (χ1) is 9.24. The SMILES string of the molecule is Cn1cnc(C(=O)CC2CCOc3ccccc32)c1. The average Bonchev–Trinajstić information content (AvgIpc) is 2.86. The van der Waals surface area contributed by atoms with Crippen LogP contribution in [0.3, 0.4) is 0 Å². The number of carbonyl (C=O) groups excluding carboxylic acids is 1. The third kappa shape index (κ3) is 2.38. The molecule has 0 radical (unpaired) electrons. The Morgan fingerprint density at radius 1 is 1.47 bits per heavy atom. The molecule has 0 spiro atoms. The number of fused-ring (bicyclic) bond motifs is 1. The molecule has 2 aromatic rings. The van der Waals surface area contributed by atoms with Crippen molar-refractivity contribution in [2.24, 2.45) is 7.05 Å². The van der Waals surface area contributed by atoms with E-state index in [2.05, 4.69) is 4.98 Å². The third-order valence-electron chi connectivity index (χ3n) is 3.51. The molecule has 4 heteroatoms. The quantitative estimate of drug-likeness (QED) is 0.793. The van der Waals surface area contributed by atoms with Gasteiger partial charge in [-0.05, 0) is 24.0 Å². The van der Waals surface area contributed by atoms with Crippen molar-refractivity contribution >= 4 is 5.78 Å². The van der Waals surface area contributed by atoms with Crippen molar-refractivity contribution in [1.29, 1.82) is 0 Å². The molecule has 2 heterocycles. The van der Waals surface area contributed by atoms with Crippen molar-refractivity contribution < 1.29 is 9.53 Å². The van der Waals surface area contributed by atoms with E-state index in [1.807, 2.05) is 31.3 Å². The highest BCUT2D eigenvalue weighted by molar-refractivity contribution is 5.94. The average molecular weight is 256 g/mol. The van der Waals surface area contributed by atoms with E-state index in [9.17, 15) is 4.79 Å². The van der Waals surface area contributed by atoms with Crippen molar-refractivity contribution in [2.45, 2.75) is 18.8 Å². The van der Waals surface area contributed by atoms with Crippen LogP contribution in [0.5, 0.6) is 5.75 Å². The van der Waals surface area contributed by atoms with Gasteiger partial charge in [-0.25, -0.2) is 4.98 Å². The lowest BCUT2D eigenvalue weighted by atomic mass is 9.88. The van der Waals surface area contributed by atoms with Gasteiger partial charge in [-0.3, -0.25) is 4.79 Å². The molecule has 4 nitrogen and oxygen atoms in total. The van der Waals surface area contributed by atoms with E-state index in [0.717, 1.165) is 17.7 Å². The number of aromatic nitrogens is 2. The summed E-state index contributed by atoms with van der Waals surface area (Å²) in [4.78, 5) is 16.3. The molecular weight excluding hydrogens is 240 g/mol. The molecule has 1 atom stereocenters. The second-order valence-corrected chi connectivity index (χ2v) is 4.92. The number of ketones is 1. The summed E-state index contributed by atoms with van der Waals surface area (Å²) in [5, 5.41) is 0. The van der Waals surface area contributed by atoms with Crippen LogP contribution in [0.4, 0.5) is 0 Å². The molecule has 19 heavy (non-hydrogen) atoms. The van der Waals surface area contributed by atoms with Gasteiger partial charge in [-0.2, -0.15) is 0 Å². The molecule has 0 aliphatic carbocycles. The molecule has 0 fully saturated rings. The Kier molecular flexibility index (Phi) is 3.07. The highest BCUT2D eigenvalue weighted by atomic mass is 16.5. The molecule has 1 aromatic carbocycles. The van der Waals surface area contributed by atoms with Crippen molar-refractivity contribution in [3.63, 3.8) is 0 Å². The number of imidazole rings is 1. The van der Waals surface area contributed by atoms with Crippen LogP contribution >= 0.6 is 0 Å². The maximum atomic E-state index is 12.2. The minimum absolute atomic E-state index is 0.0994. The minimum Gasteiger partial charge on any atom is -0.493 e. The fraction of sp³-hybridized carbons (Fsp3) is 0.333. The summed E-state index contributed by atoms with van der Waals surface area (Å²) in [6.45, 7) is 0.678. The van der Waals surface area contributed by atoms with Crippen molar-refractivity contribution in [1.82, 2.24) is 9.55 Å². The monoisotopic (exact) mass is 256 g/mol. The first-order valence-electron chi connectivity index (χ1n) is 6.47. The van der Waals surface area contributed by atoms with Gasteiger partial charge in [0.15, 0.2) is 5.78 Å². The minimum atomic E-state index is 0.0994. The second-order valence-electron chi connectivity index (χ2n) is 4.92. The number of carbonyl (C=O) groups is 1. The Morgan fingerprint density at radius 2 is 2.32 bits per heavy atom. The van der Waals surface area contributed by atoms with Gasteiger partial charge in [0.05, 0.1) is 12.9 Å². The van der Waals surface area contributed by atoms with Crippen LogP contribution in [0.2, 0.25) is 0 Å². The largest absolute Gasteiger partial charge is 0.493 e. The number of Topliss-reactive ketones (excluding diaryl/α,β-unsaturated/α-hetero) is 1. The van der Waals surface area contributed by atoms with Crippen molar-refractivity contribution in [2.75, 3.05) is 6.61 Å². The second kappa shape index (κ2) is 4.88. The van der Waals surface area contributed by atoms with Crippen LogP contribution in [0.25, 0.3) is 0 Å². The van der Waals surface area contributed by atoms with Crippen LogP contribution in [0, 0.1) is 0 Å². The zero-order valence-electron chi connectivity index (χ0n) is 10.9. The Balaban J connectivity index is 1.79. The molecule has 0 bridgehead atoms. The number of aryl methyl sites for hydroxylation is 1. The fourth-order valence-electron chi connectivity index (χ4n) is 2.51. The van der Waals surface area contributed by atoms with Gasteiger partial charge in [-0.15, -0.1) is 0 Å². The van der Waals surface area contributed by atoms with Gasteiger partial charge in [0.1, 0.15) is 11.4 Å². The maximum absolute atomic E-state index is 12.2. The highest BCUT2D eigenvalue weighted by Gasteiger charge is 2.24. The van der Waals surface area contributed by atoms with Gasteiger partial charge in [0, 0.05) is 19.7 Å². The van der Waals surface area contributed by atoms with E-state index < -0.39 is 0 Å². The number of hydrogen-bond acceptors (Lipinski definition) is 3. The van der Waals surface area contributed by atoms with Crippen LogP contribution < -0.4 is 4.74 Å². The number of para-hydroxylation sites is 1. The summed E-state index contributed by atoms with van der Waals surface area (Å²) in [5.74, 6) is 1.24. The summed E-state index contributed by atoms with van der Waals surface area (Å²) in [6.07, 6.45) is 4.81. The van der Waals surface area contributed by atoms with E-state index in [1.165, 1.54) is 0 Å². The maximum Gasteiger partial charge on any atom is 0.183 e. The van der Waals surface area contributed by atoms with E-state index in [-0.39, 0.29) is 11.7 Å². The molecule has 98 valence electrons.